The van der Waals surface area contributed by atoms with Crippen molar-refractivity contribution in [1.29, 1.82) is 0 Å². The van der Waals surface area contributed by atoms with Crippen molar-refractivity contribution in [3.05, 3.63) is 47.5 Å². The maximum atomic E-state index is 10.9. The molecule has 1 aromatic rings. The lowest BCUT2D eigenvalue weighted by molar-refractivity contribution is -0.113. The Morgan fingerprint density at radius 1 is 1.31 bits per heavy atom. The summed E-state index contributed by atoms with van der Waals surface area (Å²) in [6, 6.07) is 8.15. The normalized spacial score (nSPS) is 9.69. The number of rotatable bonds is 3. The van der Waals surface area contributed by atoms with Crippen molar-refractivity contribution in [3.8, 4) is 0 Å². The number of aryl methyl sites for hydroxylation is 1. The molecule has 0 atom stereocenters. The molecule has 68 valence electrons. The van der Waals surface area contributed by atoms with Gasteiger partial charge in [-0.3, -0.25) is 4.79 Å². The highest BCUT2D eigenvalue weighted by Crippen LogP contribution is 2.08. The minimum absolute atomic E-state index is 0.0700. The zero-order valence-electron chi connectivity index (χ0n) is 8.13. The highest BCUT2D eigenvalue weighted by Gasteiger charge is 2.01. The number of carbonyl (C=O) groups is 1. The zero-order valence-corrected chi connectivity index (χ0v) is 8.13. The molecule has 0 bridgehead atoms. The third-order valence-corrected chi connectivity index (χ3v) is 2.04. The average Bonchev–Trinajstić information content (AvgIpc) is 2.08. The molecule has 1 rings (SSSR count). The average molecular weight is 174 g/mol. The number of benzene rings is 1. The van der Waals surface area contributed by atoms with Gasteiger partial charge in [-0.05, 0) is 25.0 Å². The minimum atomic E-state index is 0.0700. The standard InChI is InChI=1S/C12H14O/c1-9-4-6-12(7-5-9)8-10(2)11(3)13/h4-7H,2,8H2,1,3H3. The van der Waals surface area contributed by atoms with E-state index in [1.165, 1.54) is 5.56 Å². The maximum Gasteiger partial charge on any atom is 0.155 e. The molecule has 1 nitrogen and oxygen atoms in total. The summed E-state index contributed by atoms with van der Waals surface area (Å²) in [5.74, 6) is 0.0700. The fourth-order valence-corrected chi connectivity index (χ4v) is 1.08. The fourth-order valence-electron chi connectivity index (χ4n) is 1.08. The van der Waals surface area contributed by atoms with Gasteiger partial charge in [0.25, 0.3) is 0 Å². The van der Waals surface area contributed by atoms with E-state index in [-0.39, 0.29) is 5.78 Å². The Bertz CT molecular complexity index is 319. The molecule has 0 unspecified atom stereocenters. The summed E-state index contributed by atoms with van der Waals surface area (Å²) >= 11 is 0. The predicted octanol–water partition coefficient (Wildman–Crippen LogP) is 2.68. The van der Waals surface area contributed by atoms with E-state index < -0.39 is 0 Å². The molecule has 1 aromatic carbocycles. The Hall–Kier alpha value is -1.37. The van der Waals surface area contributed by atoms with Gasteiger partial charge >= 0.3 is 0 Å². The third-order valence-electron chi connectivity index (χ3n) is 2.04. The first-order chi connectivity index (χ1) is 6.09. The molecule has 0 N–H and O–H groups in total. The second kappa shape index (κ2) is 4.04. The molecule has 0 radical (unpaired) electrons. The van der Waals surface area contributed by atoms with Crippen LogP contribution in [0.5, 0.6) is 0 Å². The molecule has 0 aliphatic rings. The Balaban J connectivity index is 2.70. The van der Waals surface area contributed by atoms with Crippen LogP contribution >= 0.6 is 0 Å². The van der Waals surface area contributed by atoms with Crippen molar-refractivity contribution < 1.29 is 4.79 Å². The van der Waals surface area contributed by atoms with Crippen LogP contribution < -0.4 is 0 Å². The summed E-state index contributed by atoms with van der Waals surface area (Å²) < 4.78 is 0. The van der Waals surface area contributed by atoms with Gasteiger partial charge in [0.15, 0.2) is 5.78 Å². The second-order valence-corrected chi connectivity index (χ2v) is 3.32. The molecule has 0 fully saturated rings. The van der Waals surface area contributed by atoms with E-state index in [0.717, 1.165) is 5.56 Å². The van der Waals surface area contributed by atoms with Gasteiger partial charge in [-0.1, -0.05) is 36.4 Å². The highest BCUT2D eigenvalue weighted by atomic mass is 16.1. The van der Waals surface area contributed by atoms with Crippen LogP contribution in [-0.4, -0.2) is 5.78 Å². The molecular formula is C12H14O. The van der Waals surface area contributed by atoms with E-state index in [9.17, 15) is 4.79 Å². The molecule has 13 heavy (non-hydrogen) atoms. The molecule has 0 aliphatic carbocycles. The van der Waals surface area contributed by atoms with Gasteiger partial charge in [0.1, 0.15) is 0 Å². The first-order valence-corrected chi connectivity index (χ1v) is 4.34. The van der Waals surface area contributed by atoms with E-state index >= 15 is 0 Å². The number of hydrogen-bond donors (Lipinski definition) is 0. The number of allylic oxidation sites excluding steroid dienone is 1. The van der Waals surface area contributed by atoms with Crippen LogP contribution in [0, 0.1) is 6.92 Å². The van der Waals surface area contributed by atoms with E-state index in [4.69, 9.17) is 0 Å². The summed E-state index contributed by atoms with van der Waals surface area (Å²) in [6.45, 7) is 7.32. The Morgan fingerprint density at radius 2 is 1.85 bits per heavy atom. The lowest BCUT2D eigenvalue weighted by Gasteiger charge is -2.01. The number of carbonyl (C=O) groups excluding carboxylic acids is 1. The Kier molecular flexibility index (Phi) is 3.02. The van der Waals surface area contributed by atoms with Gasteiger partial charge in [0, 0.05) is 6.42 Å². The van der Waals surface area contributed by atoms with E-state index in [1.54, 1.807) is 6.92 Å². The monoisotopic (exact) mass is 174 g/mol. The quantitative estimate of drug-likeness (QED) is 0.644. The predicted molar refractivity (Wildman–Crippen MR) is 54.7 cm³/mol. The van der Waals surface area contributed by atoms with E-state index in [2.05, 4.69) is 6.58 Å². The van der Waals surface area contributed by atoms with Gasteiger partial charge in [-0.15, -0.1) is 0 Å². The summed E-state index contributed by atoms with van der Waals surface area (Å²) in [6.07, 6.45) is 0.662. The molecule has 0 aliphatic heterocycles. The summed E-state index contributed by atoms with van der Waals surface area (Å²) in [5.41, 5.74) is 3.05. The molecular weight excluding hydrogens is 160 g/mol. The Labute approximate surface area is 79.1 Å². The highest BCUT2D eigenvalue weighted by molar-refractivity contribution is 5.92. The van der Waals surface area contributed by atoms with Crippen molar-refractivity contribution in [2.24, 2.45) is 0 Å². The summed E-state index contributed by atoms with van der Waals surface area (Å²) in [7, 11) is 0. The van der Waals surface area contributed by atoms with Crippen molar-refractivity contribution in [2.75, 3.05) is 0 Å². The summed E-state index contributed by atoms with van der Waals surface area (Å²) in [5, 5.41) is 0. The third kappa shape index (κ3) is 2.86. The smallest absolute Gasteiger partial charge is 0.155 e. The van der Waals surface area contributed by atoms with Gasteiger partial charge in [-0.25, -0.2) is 0 Å². The van der Waals surface area contributed by atoms with Gasteiger partial charge in [0.05, 0.1) is 0 Å². The van der Waals surface area contributed by atoms with Crippen LogP contribution in [0.1, 0.15) is 18.1 Å². The topological polar surface area (TPSA) is 17.1 Å². The zero-order chi connectivity index (χ0) is 9.84. The lowest BCUT2D eigenvalue weighted by atomic mass is 10.0. The molecule has 0 amide bonds. The van der Waals surface area contributed by atoms with Crippen molar-refractivity contribution >= 4 is 5.78 Å². The van der Waals surface area contributed by atoms with E-state index in [1.807, 2.05) is 31.2 Å². The molecule has 0 heterocycles. The van der Waals surface area contributed by atoms with Gasteiger partial charge in [-0.2, -0.15) is 0 Å². The van der Waals surface area contributed by atoms with Crippen LogP contribution in [0.3, 0.4) is 0 Å². The molecule has 0 aromatic heterocycles. The molecule has 0 spiro atoms. The number of Topliss-reactive ketones (excluding diaryl/α,β-unsaturated/α-hetero) is 1. The molecule has 0 saturated carbocycles. The lowest BCUT2D eigenvalue weighted by Crippen LogP contribution is -1.98. The van der Waals surface area contributed by atoms with Crippen molar-refractivity contribution in [3.63, 3.8) is 0 Å². The van der Waals surface area contributed by atoms with Crippen LogP contribution in [0.2, 0.25) is 0 Å². The number of hydrogen-bond acceptors (Lipinski definition) is 1. The number of ketones is 1. The van der Waals surface area contributed by atoms with Crippen molar-refractivity contribution in [2.45, 2.75) is 20.3 Å². The summed E-state index contributed by atoms with van der Waals surface area (Å²) in [4.78, 5) is 10.9. The van der Waals surface area contributed by atoms with Crippen LogP contribution in [-0.2, 0) is 11.2 Å². The van der Waals surface area contributed by atoms with E-state index in [0.29, 0.717) is 12.0 Å². The molecule has 0 saturated heterocycles. The SMILES string of the molecule is C=C(Cc1ccc(C)cc1)C(C)=O. The molecule has 1 heteroatoms. The fraction of sp³-hybridized carbons (Fsp3) is 0.250. The minimum Gasteiger partial charge on any atom is -0.295 e. The Morgan fingerprint density at radius 3 is 2.31 bits per heavy atom. The first-order valence-electron chi connectivity index (χ1n) is 4.34. The first kappa shape index (κ1) is 9.72. The van der Waals surface area contributed by atoms with Crippen molar-refractivity contribution in [1.82, 2.24) is 0 Å². The van der Waals surface area contributed by atoms with Gasteiger partial charge < -0.3 is 0 Å². The maximum absolute atomic E-state index is 10.9. The van der Waals surface area contributed by atoms with Crippen LogP contribution in [0.15, 0.2) is 36.4 Å². The van der Waals surface area contributed by atoms with Crippen LogP contribution in [0.25, 0.3) is 0 Å². The van der Waals surface area contributed by atoms with Gasteiger partial charge in [0.2, 0.25) is 0 Å². The second-order valence-electron chi connectivity index (χ2n) is 3.32. The largest absolute Gasteiger partial charge is 0.295 e. The van der Waals surface area contributed by atoms with Crippen LogP contribution in [0.4, 0.5) is 0 Å².